The van der Waals surface area contributed by atoms with Gasteiger partial charge in [0.15, 0.2) is 0 Å². The molecule has 0 radical (unpaired) electrons. The maximum absolute atomic E-state index is 6.37. The Kier molecular flexibility index (Phi) is 5.69. The standard InChI is InChI=1S/C19H31NO/c1-5-17(20-6-2)16-9-7-8-10-18(16)21-15-11-13-19(3,4)14-12-15/h7-10,15,17,20H,5-6,11-14H2,1-4H3. The van der Waals surface area contributed by atoms with Crippen molar-refractivity contribution in [2.45, 2.75) is 71.9 Å². The Morgan fingerprint density at radius 2 is 1.86 bits per heavy atom. The highest BCUT2D eigenvalue weighted by molar-refractivity contribution is 5.36. The van der Waals surface area contributed by atoms with Gasteiger partial charge in [-0.1, -0.05) is 45.9 Å². The smallest absolute Gasteiger partial charge is 0.124 e. The lowest BCUT2D eigenvalue weighted by Gasteiger charge is -2.35. The monoisotopic (exact) mass is 289 g/mol. The third-order valence-corrected chi connectivity index (χ3v) is 4.73. The van der Waals surface area contributed by atoms with E-state index >= 15 is 0 Å². The highest BCUT2D eigenvalue weighted by Crippen LogP contribution is 2.37. The van der Waals surface area contributed by atoms with Crippen LogP contribution < -0.4 is 10.1 Å². The van der Waals surface area contributed by atoms with Crippen LogP contribution >= 0.6 is 0 Å². The van der Waals surface area contributed by atoms with E-state index in [1.165, 1.54) is 31.2 Å². The van der Waals surface area contributed by atoms with Gasteiger partial charge < -0.3 is 10.1 Å². The van der Waals surface area contributed by atoms with E-state index in [9.17, 15) is 0 Å². The average Bonchev–Trinajstić information content (AvgIpc) is 2.48. The minimum atomic E-state index is 0.387. The molecule has 118 valence electrons. The molecule has 1 N–H and O–H groups in total. The fourth-order valence-corrected chi connectivity index (χ4v) is 3.27. The van der Waals surface area contributed by atoms with Gasteiger partial charge in [0.25, 0.3) is 0 Å². The number of nitrogens with one attached hydrogen (secondary N) is 1. The fourth-order valence-electron chi connectivity index (χ4n) is 3.27. The van der Waals surface area contributed by atoms with Gasteiger partial charge in [-0.3, -0.25) is 0 Å². The molecular weight excluding hydrogens is 258 g/mol. The van der Waals surface area contributed by atoms with Gasteiger partial charge in [0.1, 0.15) is 5.75 Å². The van der Waals surface area contributed by atoms with Crippen LogP contribution in [-0.2, 0) is 0 Å². The number of benzene rings is 1. The maximum atomic E-state index is 6.37. The van der Waals surface area contributed by atoms with Crippen molar-refractivity contribution in [1.29, 1.82) is 0 Å². The molecule has 1 fully saturated rings. The summed E-state index contributed by atoms with van der Waals surface area (Å²) in [6.45, 7) is 10.1. The maximum Gasteiger partial charge on any atom is 0.124 e. The molecule has 0 saturated heterocycles. The second kappa shape index (κ2) is 7.31. The van der Waals surface area contributed by atoms with Crippen LogP contribution in [0.25, 0.3) is 0 Å². The first-order valence-electron chi connectivity index (χ1n) is 8.54. The number of ether oxygens (including phenoxy) is 1. The molecule has 2 rings (SSSR count). The summed E-state index contributed by atoms with van der Waals surface area (Å²) < 4.78 is 6.37. The summed E-state index contributed by atoms with van der Waals surface area (Å²) in [7, 11) is 0. The summed E-state index contributed by atoms with van der Waals surface area (Å²) >= 11 is 0. The quantitative estimate of drug-likeness (QED) is 0.787. The van der Waals surface area contributed by atoms with E-state index in [0.717, 1.165) is 18.7 Å². The van der Waals surface area contributed by atoms with E-state index < -0.39 is 0 Å². The second-order valence-electron chi connectivity index (χ2n) is 7.04. The highest BCUT2D eigenvalue weighted by atomic mass is 16.5. The molecule has 1 unspecified atom stereocenters. The van der Waals surface area contributed by atoms with Crippen molar-refractivity contribution in [3.8, 4) is 5.75 Å². The summed E-state index contributed by atoms with van der Waals surface area (Å²) in [6, 6.07) is 8.94. The number of hydrogen-bond acceptors (Lipinski definition) is 2. The zero-order chi connectivity index (χ0) is 15.3. The van der Waals surface area contributed by atoms with E-state index in [1.807, 2.05) is 0 Å². The minimum absolute atomic E-state index is 0.387. The topological polar surface area (TPSA) is 21.3 Å². The molecular formula is C19H31NO. The van der Waals surface area contributed by atoms with E-state index in [-0.39, 0.29) is 0 Å². The molecule has 0 aromatic heterocycles. The van der Waals surface area contributed by atoms with Crippen LogP contribution in [0.15, 0.2) is 24.3 Å². The Hall–Kier alpha value is -1.02. The Morgan fingerprint density at radius 3 is 2.48 bits per heavy atom. The zero-order valence-corrected chi connectivity index (χ0v) is 14.1. The van der Waals surface area contributed by atoms with Gasteiger partial charge in [-0.05, 0) is 50.1 Å². The summed E-state index contributed by atoms with van der Waals surface area (Å²) in [5, 5.41) is 3.56. The molecule has 2 heteroatoms. The van der Waals surface area contributed by atoms with Crippen LogP contribution in [0.3, 0.4) is 0 Å². The highest BCUT2D eigenvalue weighted by Gasteiger charge is 2.28. The third-order valence-electron chi connectivity index (χ3n) is 4.73. The van der Waals surface area contributed by atoms with Gasteiger partial charge in [0, 0.05) is 11.6 Å². The summed E-state index contributed by atoms with van der Waals surface area (Å²) in [4.78, 5) is 0. The number of hydrogen-bond donors (Lipinski definition) is 1. The number of para-hydroxylation sites is 1. The van der Waals surface area contributed by atoms with Gasteiger partial charge in [-0.2, -0.15) is 0 Å². The lowest BCUT2D eigenvalue weighted by atomic mass is 9.76. The Balaban J connectivity index is 2.06. The second-order valence-corrected chi connectivity index (χ2v) is 7.04. The van der Waals surface area contributed by atoms with Crippen molar-refractivity contribution >= 4 is 0 Å². The SMILES string of the molecule is CCNC(CC)c1ccccc1OC1CCC(C)(C)CC1. The molecule has 1 aromatic carbocycles. The van der Waals surface area contributed by atoms with Crippen molar-refractivity contribution in [1.82, 2.24) is 5.32 Å². The molecule has 0 heterocycles. The normalized spacial score (nSPS) is 20.2. The number of rotatable bonds is 6. The van der Waals surface area contributed by atoms with Crippen molar-refractivity contribution < 1.29 is 4.74 Å². The predicted octanol–water partition coefficient (Wildman–Crippen LogP) is 5.09. The lowest BCUT2D eigenvalue weighted by Crippen LogP contribution is -2.29. The van der Waals surface area contributed by atoms with Gasteiger partial charge in [0.05, 0.1) is 6.10 Å². The van der Waals surface area contributed by atoms with Crippen LogP contribution in [0.5, 0.6) is 5.75 Å². The molecule has 1 saturated carbocycles. The van der Waals surface area contributed by atoms with E-state index in [2.05, 4.69) is 57.3 Å². The molecule has 1 atom stereocenters. The largest absolute Gasteiger partial charge is 0.490 e. The Morgan fingerprint density at radius 1 is 1.19 bits per heavy atom. The molecule has 1 aliphatic rings. The van der Waals surface area contributed by atoms with Gasteiger partial charge >= 0.3 is 0 Å². The molecule has 0 amide bonds. The van der Waals surface area contributed by atoms with Crippen molar-refractivity contribution in [2.24, 2.45) is 5.41 Å². The van der Waals surface area contributed by atoms with Crippen molar-refractivity contribution in [3.05, 3.63) is 29.8 Å². The summed E-state index contributed by atoms with van der Waals surface area (Å²) in [5.41, 5.74) is 1.81. The Bertz CT molecular complexity index is 431. The Labute approximate surface area is 130 Å². The van der Waals surface area contributed by atoms with E-state index in [0.29, 0.717) is 17.6 Å². The molecule has 21 heavy (non-hydrogen) atoms. The van der Waals surface area contributed by atoms with Crippen LogP contribution in [-0.4, -0.2) is 12.6 Å². The molecule has 1 aromatic rings. The molecule has 1 aliphatic carbocycles. The van der Waals surface area contributed by atoms with Gasteiger partial charge in [0.2, 0.25) is 0 Å². The average molecular weight is 289 g/mol. The van der Waals surface area contributed by atoms with Crippen molar-refractivity contribution in [3.63, 3.8) is 0 Å². The first-order valence-corrected chi connectivity index (χ1v) is 8.54. The van der Waals surface area contributed by atoms with Gasteiger partial charge in [-0.25, -0.2) is 0 Å². The first-order chi connectivity index (χ1) is 10.1. The van der Waals surface area contributed by atoms with E-state index in [4.69, 9.17) is 4.74 Å². The van der Waals surface area contributed by atoms with Crippen LogP contribution in [0, 0.1) is 5.41 Å². The van der Waals surface area contributed by atoms with Crippen LogP contribution in [0.2, 0.25) is 0 Å². The molecule has 2 nitrogen and oxygen atoms in total. The predicted molar refractivity (Wildman–Crippen MR) is 89.8 cm³/mol. The minimum Gasteiger partial charge on any atom is -0.490 e. The first kappa shape index (κ1) is 16.4. The van der Waals surface area contributed by atoms with Crippen LogP contribution in [0.1, 0.15) is 71.4 Å². The molecule has 0 aliphatic heterocycles. The lowest BCUT2D eigenvalue weighted by molar-refractivity contribution is 0.0973. The van der Waals surface area contributed by atoms with Gasteiger partial charge in [-0.15, -0.1) is 0 Å². The zero-order valence-electron chi connectivity index (χ0n) is 14.1. The fraction of sp³-hybridized carbons (Fsp3) is 0.684. The molecule has 0 spiro atoms. The summed E-state index contributed by atoms with van der Waals surface area (Å²) in [5.74, 6) is 1.08. The summed E-state index contributed by atoms with van der Waals surface area (Å²) in [6.07, 6.45) is 6.37. The van der Waals surface area contributed by atoms with Crippen molar-refractivity contribution in [2.75, 3.05) is 6.54 Å². The molecule has 0 bridgehead atoms. The van der Waals surface area contributed by atoms with Crippen LogP contribution in [0.4, 0.5) is 0 Å². The van der Waals surface area contributed by atoms with E-state index in [1.54, 1.807) is 0 Å². The third kappa shape index (κ3) is 4.47.